The molecule has 7 rings (SSSR count). The fourth-order valence-electron chi connectivity index (χ4n) is 14.1. The molecule has 5 aliphatic carbocycles. The van der Waals surface area contributed by atoms with Gasteiger partial charge in [0, 0.05) is 82.5 Å². The highest BCUT2D eigenvalue weighted by atomic mass is 16.6. The van der Waals surface area contributed by atoms with Crippen LogP contribution in [0.1, 0.15) is 108 Å². The van der Waals surface area contributed by atoms with Gasteiger partial charge in [-0.2, -0.15) is 0 Å². The quantitative estimate of drug-likeness (QED) is 0.121. The molecule has 5 saturated carbocycles. The topological polar surface area (TPSA) is 153 Å². The fourth-order valence-corrected chi connectivity index (χ4v) is 14.1. The van der Waals surface area contributed by atoms with Gasteiger partial charge in [0.25, 0.3) is 0 Å². The zero-order chi connectivity index (χ0) is 40.8. The monoisotopic (exact) mass is 799 g/mol. The lowest BCUT2D eigenvalue weighted by Crippen LogP contribution is -2.81. The number of hydrogen-bond acceptors (Lipinski definition) is 12. The summed E-state index contributed by atoms with van der Waals surface area (Å²) in [5, 5.41) is 38.2. The smallest absolute Gasteiger partial charge is 0.338 e. The molecule has 1 aromatic rings. The van der Waals surface area contributed by atoms with Crippen molar-refractivity contribution in [1.82, 2.24) is 4.90 Å². The molecule has 6 aliphatic rings. The second-order valence-corrected chi connectivity index (χ2v) is 18.2. The van der Waals surface area contributed by atoms with Crippen LogP contribution in [0, 0.1) is 34.5 Å². The van der Waals surface area contributed by atoms with E-state index in [1.165, 1.54) is 45.6 Å². The molecule has 12 heteroatoms. The number of ether oxygens (including phenoxy) is 6. The highest BCUT2D eigenvalue weighted by molar-refractivity contribution is 5.89. The number of unbranched alkanes of at least 4 members (excludes halogenated alkanes) is 9. The number of fused-ring (bicyclic) bond motifs is 2. The second-order valence-electron chi connectivity index (χ2n) is 18.2. The molecule has 57 heavy (non-hydrogen) atoms. The summed E-state index contributed by atoms with van der Waals surface area (Å²) in [6.07, 6.45) is 5.86. The second kappa shape index (κ2) is 17.1. The first-order valence-corrected chi connectivity index (χ1v) is 21.9. The molecule has 320 valence electrons. The minimum atomic E-state index is -1.84. The minimum Gasteiger partial charge on any atom is -0.455 e. The third-order valence-corrected chi connectivity index (χ3v) is 15.9. The van der Waals surface area contributed by atoms with E-state index in [0.717, 1.165) is 19.3 Å². The SMILES string of the molecule is CCCCCCCCCCCCC(=O)O[C@]12[C@H]3[C@@H](OC(=O)c4ccccc4)[C@@](O)(C[C@H]3[C@@]34C(OC)C[C@@H](O)[C@@]5(COC)CN(CC)[C@@H]3[C@@H]1[C@H](OC)[C@H]54)[C@@H](OC)[C@@H]2O. The van der Waals surface area contributed by atoms with Crippen molar-refractivity contribution in [3.63, 3.8) is 0 Å². The number of aliphatic hydroxyl groups excluding tert-OH is 2. The molecule has 3 N–H and O–H groups in total. The lowest BCUT2D eigenvalue weighted by Gasteiger charge is -2.70. The third kappa shape index (κ3) is 6.36. The maximum absolute atomic E-state index is 14.5. The lowest BCUT2D eigenvalue weighted by atomic mass is 9.42. The van der Waals surface area contributed by atoms with E-state index in [9.17, 15) is 24.9 Å². The summed E-state index contributed by atoms with van der Waals surface area (Å²) in [5.41, 5.74) is -4.82. The fraction of sp³-hybridized carbons (Fsp3) is 0.822. The standard InChI is InChI=1S/C45H69NO11/c1-7-9-10-11-12-13-14-15-16-20-23-32(48)57-45-33-29(25-43(51,40(55-6)38(45)49)39(33)56-41(50)28-21-18-17-19-22-28)44-31(53-4)24-30(47)42(27-52-3)26-46(8-2)37(44)34(45)35(54-5)36(42)44/h17-19,21-22,29-31,33-40,47,49,51H,7-16,20,23-27H2,1-6H3/t29-,30-,31?,33-,34+,35+,36-,37-,38+,39-,40+,42+,43+,44+,45-/m1/s1. The molecule has 1 unspecified atom stereocenters. The number of hydrogen-bond donors (Lipinski definition) is 3. The van der Waals surface area contributed by atoms with E-state index >= 15 is 0 Å². The number of methoxy groups -OCH3 is 4. The summed E-state index contributed by atoms with van der Waals surface area (Å²) in [4.78, 5) is 30.9. The van der Waals surface area contributed by atoms with Gasteiger partial charge in [0.15, 0.2) is 5.60 Å². The normalized spacial score (nSPS) is 42.6. The molecule has 1 heterocycles. The first-order valence-electron chi connectivity index (χ1n) is 21.9. The Morgan fingerprint density at radius 1 is 0.842 bits per heavy atom. The number of benzene rings is 1. The van der Waals surface area contributed by atoms with Crippen molar-refractivity contribution in [2.24, 2.45) is 34.5 Å². The van der Waals surface area contributed by atoms with E-state index in [1.54, 1.807) is 45.6 Å². The molecule has 1 aromatic carbocycles. The molecule has 6 fully saturated rings. The van der Waals surface area contributed by atoms with Crippen molar-refractivity contribution in [2.75, 3.05) is 48.1 Å². The van der Waals surface area contributed by atoms with Gasteiger partial charge < -0.3 is 43.7 Å². The van der Waals surface area contributed by atoms with E-state index in [-0.39, 0.29) is 31.4 Å². The van der Waals surface area contributed by atoms with Gasteiger partial charge >= 0.3 is 11.9 Å². The van der Waals surface area contributed by atoms with Crippen molar-refractivity contribution in [1.29, 1.82) is 0 Å². The summed E-state index contributed by atoms with van der Waals surface area (Å²) in [7, 11) is 6.40. The lowest BCUT2D eigenvalue weighted by molar-refractivity contribution is -0.323. The molecule has 7 bridgehead atoms. The molecule has 0 amide bonds. The van der Waals surface area contributed by atoms with Crippen LogP contribution in [0.25, 0.3) is 0 Å². The van der Waals surface area contributed by atoms with Gasteiger partial charge in [0.1, 0.15) is 23.9 Å². The summed E-state index contributed by atoms with van der Waals surface area (Å²) >= 11 is 0. The van der Waals surface area contributed by atoms with Gasteiger partial charge in [-0.3, -0.25) is 9.69 Å². The van der Waals surface area contributed by atoms with Crippen LogP contribution in [0.5, 0.6) is 0 Å². The van der Waals surface area contributed by atoms with Crippen LogP contribution < -0.4 is 0 Å². The number of piperidine rings is 1. The van der Waals surface area contributed by atoms with Crippen LogP contribution in [0.4, 0.5) is 0 Å². The maximum atomic E-state index is 14.5. The Morgan fingerprint density at radius 3 is 2.11 bits per heavy atom. The molecule has 0 radical (unpaired) electrons. The van der Waals surface area contributed by atoms with Crippen molar-refractivity contribution < 1.29 is 53.3 Å². The van der Waals surface area contributed by atoms with Crippen LogP contribution in [0.2, 0.25) is 0 Å². The number of nitrogens with zero attached hydrogens (tertiary/aromatic N) is 1. The number of carbonyl (C=O) groups is 2. The van der Waals surface area contributed by atoms with Crippen LogP contribution in [-0.2, 0) is 33.2 Å². The number of esters is 2. The number of rotatable bonds is 20. The Balaban J connectivity index is 1.32. The van der Waals surface area contributed by atoms with Crippen LogP contribution in [0.3, 0.4) is 0 Å². The molecule has 1 spiro atoms. The van der Waals surface area contributed by atoms with Crippen molar-refractivity contribution in [2.45, 2.75) is 151 Å². The Morgan fingerprint density at radius 2 is 1.51 bits per heavy atom. The van der Waals surface area contributed by atoms with Gasteiger partial charge in [0.05, 0.1) is 30.5 Å². The van der Waals surface area contributed by atoms with Gasteiger partial charge in [-0.25, -0.2) is 4.79 Å². The van der Waals surface area contributed by atoms with Crippen molar-refractivity contribution in [3.05, 3.63) is 35.9 Å². The Labute approximate surface area is 339 Å². The maximum Gasteiger partial charge on any atom is 0.338 e. The van der Waals surface area contributed by atoms with Crippen molar-refractivity contribution >= 4 is 11.9 Å². The summed E-state index contributed by atoms with van der Waals surface area (Å²) < 4.78 is 38.6. The largest absolute Gasteiger partial charge is 0.455 e. The van der Waals surface area contributed by atoms with Gasteiger partial charge in [-0.15, -0.1) is 0 Å². The minimum absolute atomic E-state index is 0.0877. The Kier molecular flexibility index (Phi) is 12.9. The number of likely N-dealkylation sites (tertiary alicyclic amines) is 1. The van der Waals surface area contributed by atoms with Gasteiger partial charge in [-0.05, 0) is 37.4 Å². The summed E-state index contributed by atoms with van der Waals surface area (Å²) in [5.74, 6) is -3.47. The van der Waals surface area contributed by atoms with E-state index < -0.39 is 88.3 Å². The van der Waals surface area contributed by atoms with Gasteiger partial charge in [-0.1, -0.05) is 89.8 Å². The van der Waals surface area contributed by atoms with E-state index in [2.05, 4.69) is 18.7 Å². The molecule has 12 nitrogen and oxygen atoms in total. The van der Waals surface area contributed by atoms with E-state index in [4.69, 9.17) is 28.4 Å². The van der Waals surface area contributed by atoms with E-state index in [1.807, 2.05) is 6.07 Å². The summed E-state index contributed by atoms with van der Waals surface area (Å²) in [6.45, 7) is 5.65. The molecule has 0 aromatic heterocycles. The molecular formula is C45H69NO11. The third-order valence-electron chi connectivity index (χ3n) is 15.9. The molecule has 1 saturated heterocycles. The van der Waals surface area contributed by atoms with E-state index in [0.29, 0.717) is 31.5 Å². The first kappa shape index (κ1) is 42.9. The predicted octanol–water partition coefficient (Wildman–Crippen LogP) is 4.94. The predicted molar refractivity (Wildman–Crippen MR) is 211 cm³/mol. The molecule has 1 aliphatic heterocycles. The van der Waals surface area contributed by atoms with Crippen molar-refractivity contribution in [3.8, 4) is 0 Å². The molecular weight excluding hydrogens is 730 g/mol. The van der Waals surface area contributed by atoms with Gasteiger partial charge in [0.2, 0.25) is 0 Å². The van der Waals surface area contributed by atoms with Crippen LogP contribution in [0.15, 0.2) is 30.3 Å². The average molecular weight is 800 g/mol. The van der Waals surface area contributed by atoms with Crippen LogP contribution in [-0.4, -0.2) is 134 Å². The highest BCUT2D eigenvalue weighted by Crippen LogP contribution is 2.80. The number of aliphatic hydroxyl groups is 3. The summed E-state index contributed by atoms with van der Waals surface area (Å²) in [6, 6.07) is 8.31. The first-order chi connectivity index (χ1) is 27.5. The molecule has 15 atom stereocenters. The average Bonchev–Trinajstić information content (AvgIpc) is 3.58. The highest BCUT2D eigenvalue weighted by Gasteiger charge is 2.92. The zero-order valence-corrected chi connectivity index (χ0v) is 35.1. The zero-order valence-electron chi connectivity index (χ0n) is 35.1. The van der Waals surface area contributed by atoms with Crippen LogP contribution >= 0.6 is 0 Å². The number of carbonyl (C=O) groups excluding carboxylic acids is 2. The Hall–Kier alpha value is -2.16. The Bertz CT molecular complexity index is 1550.